The molecule has 0 saturated carbocycles. The Morgan fingerprint density at radius 3 is 3.00 bits per heavy atom. The molecule has 0 spiro atoms. The summed E-state index contributed by atoms with van der Waals surface area (Å²) in [5.74, 6) is -0.819. The summed E-state index contributed by atoms with van der Waals surface area (Å²) in [6.45, 7) is 0.225. The molecule has 4 heteroatoms. The van der Waals surface area contributed by atoms with Gasteiger partial charge in [0.2, 0.25) is 5.76 Å². The van der Waals surface area contributed by atoms with Crippen LogP contribution in [-0.4, -0.2) is 17.7 Å². The highest BCUT2D eigenvalue weighted by molar-refractivity contribution is 7.09. The molecule has 1 aromatic heterocycles. The van der Waals surface area contributed by atoms with E-state index in [4.69, 9.17) is 0 Å². The normalized spacial score (nSPS) is 16.5. The smallest absolute Gasteiger partial charge is 0.373 e. The number of carbonyl (C=O) groups excluding carboxylic acids is 1. The molecule has 0 aliphatic carbocycles. The number of aliphatic hydroxyl groups excluding tert-OH is 1. The summed E-state index contributed by atoms with van der Waals surface area (Å²) in [6.07, 6.45) is 0.606. The molecule has 0 amide bonds. The van der Waals surface area contributed by atoms with Crippen molar-refractivity contribution in [2.45, 2.75) is 6.42 Å². The Labute approximate surface area is 79.3 Å². The van der Waals surface area contributed by atoms with Gasteiger partial charge in [0.25, 0.3) is 0 Å². The van der Waals surface area contributed by atoms with E-state index in [2.05, 4.69) is 4.74 Å². The summed E-state index contributed by atoms with van der Waals surface area (Å²) >= 11 is 1.60. The minimum Gasteiger partial charge on any atom is -0.502 e. The van der Waals surface area contributed by atoms with Gasteiger partial charge in [-0.2, -0.15) is 0 Å². The maximum atomic E-state index is 10.8. The molecule has 1 aliphatic rings. The quantitative estimate of drug-likeness (QED) is 0.732. The number of cyclic esters (lactones) is 1. The third-order valence-corrected chi connectivity index (χ3v) is 2.75. The van der Waals surface area contributed by atoms with Crippen molar-refractivity contribution >= 4 is 17.3 Å². The van der Waals surface area contributed by atoms with Crippen molar-refractivity contribution in [2.24, 2.45) is 0 Å². The van der Waals surface area contributed by atoms with Gasteiger partial charge in [-0.3, -0.25) is 0 Å². The van der Waals surface area contributed by atoms with Gasteiger partial charge in [0.1, 0.15) is 6.61 Å². The highest BCUT2D eigenvalue weighted by atomic mass is 32.1. The maximum Gasteiger partial charge on any atom is 0.373 e. The Kier molecular flexibility index (Phi) is 2.06. The van der Waals surface area contributed by atoms with Crippen LogP contribution in [-0.2, 0) is 16.0 Å². The van der Waals surface area contributed by atoms with Gasteiger partial charge in [0.05, 0.1) is 0 Å². The van der Waals surface area contributed by atoms with Crippen LogP contribution in [0.4, 0.5) is 0 Å². The van der Waals surface area contributed by atoms with E-state index in [1.807, 2.05) is 17.5 Å². The van der Waals surface area contributed by atoms with Gasteiger partial charge < -0.3 is 9.84 Å². The molecule has 0 saturated heterocycles. The van der Waals surface area contributed by atoms with Crippen molar-refractivity contribution < 1.29 is 14.6 Å². The van der Waals surface area contributed by atoms with E-state index in [-0.39, 0.29) is 12.4 Å². The topological polar surface area (TPSA) is 46.5 Å². The van der Waals surface area contributed by atoms with E-state index in [1.165, 1.54) is 0 Å². The molecule has 2 heterocycles. The molecule has 0 fully saturated rings. The fourth-order valence-corrected chi connectivity index (χ4v) is 1.94. The van der Waals surface area contributed by atoms with Gasteiger partial charge in [0.15, 0.2) is 0 Å². The second-order valence-electron chi connectivity index (χ2n) is 2.78. The number of aliphatic hydroxyl groups is 1. The molecule has 0 atom stereocenters. The molecule has 13 heavy (non-hydrogen) atoms. The van der Waals surface area contributed by atoms with Crippen LogP contribution in [0, 0.1) is 0 Å². The first-order valence-corrected chi connectivity index (χ1v) is 4.76. The van der Waals surface area contributed by atoms with Gasteiger partial charge in [-0.15, -0.1) is 11.3 Å². The van der Waals surface area contributed by atoms with E-state index >= 15 is 0 Å². The first kappa shape index (κ1) is 8.31. The maximum absolute atomic E-state index is 10.8. The largest absolute Gasteiger partial charge is 0.502 e. The van der Waals surface area contributed by atoms with Crippen molar-refractivity contribution in [3.05, 3.63) is 33.7 Å². The average Bonchev–Trinajstić information content (AvgIpc) is 2.71. The number of rotatable bonds is 2. The third-order valence-electron chi connectivity index (χ3n) is 1.87. The second kappa shape index (κ2) is 3.22. The fourth-order valence-electron chi connectivity index (χ4n) is 1.19. The van der Waals surface area contributed by atoms with Crippen LogP contribution in [0.1, 0.15) is 4.88 Å². The van der Waals surface area contributed by atoms with Crippen LogP contribution >= 0.6 is 11.3 Å². The average molecular weight is 196 g/mol. The van der Waals surface area contributed by atoms with Crippen LogP contribution < -0.4 is 0 Å². The lowest BCUT2D eigenvalue weighted by atomic mass is 10.1. The minimum absolute atomic E-state index is 0.214. The van der Waals surface area contributed by atoms with Crippen LogP contribution in [0.25, 0.3) is 0 Å². The van der Waals surface area contributed by atoms with Gasteiger partial charge in [-0.25, -0.2) is 4.79 Å². The Morgan fingerprint density at radius 1 is 1.62 bits per heavy atom. The Balaban J connectivity index is 2.15. The Morgan fingerprint density at radius 2 is 2.46 bits per heavy atom. The molecular formula is C9H8O3S. The van der Waals surface area contributed by atoms with E-state index in [9.17, 15) is 9.90 Å². The molecule has 1 aliphatic heterocycles. The van der Waals surface area contributed by atoms with Crippen molar-refractivity contribution in [1.29, 1.82) is 0 Å². The lowest BCUT2D eigenvalue weighted by molar-refractivity contribution is -0.138. The first-order chi connectivity index (χ1) is 6.27. The van der Waals surface area contributed by atoms with Crippen LogP contribution in [0.15, 0.2) is 28.8 Å². The standard InChI is InChI=1S/C9H8O3S/c10-8-6(5-12-9(8)11)4-7-2-1-3-13-7/h1-3,10H,4-5H2. The van der Waals surface area contributed by atoms with Gasteiger partial charge in [-0.1, -0.05) is 6.07 Å². The van der Waals surface area contributed by atoms with E-state index < -0.39 is 5.97 Å². The number of hydrogen-bond donors (Lipinski definition) is 1. The molecule has 0 aromatic carbocycles. The summed E-state index contributed by atoms with van der Waals surface area (Å²) in [6, 6.07) is 3.91. The first-order valence-electron chi connectivity index (χ1n) is 3.88. The van der Waals surface area contributed by atoms with Crippen LogP contribution in [0.3, 0.4) is 0 Å². The van der Waals surface area contributed by atoms with Gasteiger partial charge in [-0.05, 0) is 11.4 Å². The number of carbonyl (C=O) groups is 1. The zero-order chi connectivity index (χ0) is 9.26. The lowest BCUT2D eigenvalue weighted by Crippen LogP contribution is -1.97. The Hall–Kier alpha value is -1.29. The molecule has 68 valence electrons. The molecule has 1 N–H and O–H groups in total. The summed E-state index contributed by atoms with van der Waals surface area (Å²) in [4.78, 5) is 11.9. The van der Waals surface area contributed by atoms with Gasteiger partial charge in [0, 0.05) is 16.9 Å². The van der Waals surface area contributed by atoms with E-state index in [0.29, 0.717) is 12.0 Å². The summed E-state index contributed by atoms with van der Waals surface area (Å²) < 4.78 is 4.67. The molecular weight excluding hydrogens is 188 g/mol. The number of thiophene rings is 1. The monoisotopic (exact) mass is 196 g/mol. The summed E-state index contributed by atoms with van der Waals surface area (Å²) in [5.41, 5.74) is 0.674. The summed E-state index contributed by atoms with van der Waals surface area (Å²) in [7, 11) is 0. The van der Waals surface area contributed by atoms with E-state index in [0.717, 1.165) is 4.88 Å². The number of ether oxygens (including phenoxy) is 1. The number of hydrogen-bond acceptors (Lipinski definition) is 4. The number of esters is 1. The third kappa shape index (κ3) is 1.58. The van der Waals surface area contributed by atoms with Crippen molar-refractivity contribution in [2.75, 3.05) is 6.61 Å². The molecule has 2 rings (SSSR count). The lowest BCUT2D eigenvalue weighted by Gasteiger charge is -1.95. The van der Waals surface area contributed by atoms with Crippen LogP contribution in [0.2, 0.25) is 0 Å². The molecule has 0 radical (unpaired) electrons. The summed E-state index contributed by atoms with van der Waals surface area (Å²) in [5, 5.41) is 11.2. The van der Waals surface area contributed by atoms with Crippen LogP contribution in [0.5, 0.6) is 0 Å². The predicted octanol–water partition coefficient (Wildman–Crippen LogP) is 1.66. The SMILES string of the molecule is O=C1OCC(Cc2cccs2)=C1O. The zero-order valence-corrected chi connectivity index (χ0v) is 7.63. The van der Waals surface area contributed by atoms with E-state index in [1.54, 1.807) is 11.3 Å². The highest BCUT2D eigenvalue weighted by Crippen LogP contribution is 2.20. The van der Waals surface area contributed by atoms with Crippen molar-refractivity contribution in [3.63, 3.8) is 0 Å². The van der Waals surface area contributed by atoms with Crippen molar-refractivity contribution in [3.8, 4) is 0 Å². The molecule has 1 aromatic rings. The second-order valence-corrected chi connectivity index (χ2v) is 3.82. The fraction of sp³-hybridized carbons (Fsp3) is 0.222. The molecule has 0 unspecified atom stereocenters. The zero-order valence-electron chi connectivity index (χ0n) is 6.82. The van der Waals surface area contributed by atoms with Crippen molar-refractivity contribution in [1.82, 2.24) is 0 Å². The molecule has 0 bridgehead atoms. The van der Waals surface area contributed by atoms with Gasteiger partial charge >= 0.3 is 5.97 Å². The predicted molar refractivity (Wildman–Crippen MR) is 48.6 cm³/mol. The molecule has 3 nitrogen and oxygen atoms in total. The minimum atomic E-state index is -0.605. The highest BCUT2D eigenvalue weighted by Gasteiger charge is 2.23. The Bertz CT molecular complexity index is 351.